The van der Waals surface area contributed by atoms with E-state index in [2.05, 4.69) is 11.0 Å². The number of benzene rings is 1. The van der Waals surface area contributed by atoms with Crippen molar-refractivity contribution in [3.05, 3.63) is 29.8 Å². The van der Waals surface area contributed by atoms with E-state index in [0.717, 1.165) is 51.3 Å². The third-order valence-corrected chi connectivity index (χ3v) is 3.71. The minimum absolute atomic E-state index is 0.194. The van der Waals surface area contributed by atoms with E-state index in [-0.39, 0.29) is 5.91 Å². The second-order valence-corrected chi connectivity index (χ2v) is 5.20. The molecule has 1 fully saturated rings. The first-order valence-corrected chi connectivity index (χ1v) is 6.97. The zero-order valence-electron chi connectivity index (χ0n) is 11.6. The van der Waals surface area contributed by atoms with Gasteiger partial charge in [0, 0.05) is 38.8 Å². The van der Waals surface area contributed by atoms with Crippen LogP contribution < -0.4 is 5.73 Å². The molecule has 104 valence electrons. The van der Waals surface area contributed by atoms with Gasteiger partial charge in [0.15, 0.2) is 0 Å². The number of aryl methyl sites for hydroxylation is 1. The van der Waals surface area contributed by atoms with E-state index in [9.17, 15) is 4.79 Å². The summed E-state index contributed by atoms with van der Waals surface area (Å²) in [5.41, 5.74) is 7.92. The average molecular weight is 261 g/mol. The molecule has 1 aromatic rings. The van der Waals surface area contributed by atoms with E-state index in [1.54, 1.807) is 6.92 Å². The van der Waals surface area contributed by atoms with Crippen LogP contribution in [0.5, 0.6) is 0 Å². The van der Waals surface area contributed by atoms with Gasteiger partial charge in [-0.25, -0.2) is 0 Å². The summed E-state index contributed by atoms with van der Waals surface area (Å²) in [6.07, 6.45) is 2.21. The summed E-state index contributed by atoms with van der Waals surface area (Å²) < 4.78 is 0. The van der Waals surface area contributed by atoms with Crippen LogP contribution in [-0.2, 0) is 11.2 Å². The fourth-order valence-electron chi connectivity index (χ4n) is 2.54. The number of hydrogen-bond donors (Lipinski definition) is 1. The second-order valence-electron chi connectivity index (χ2n) is 5.20. The van der Waals surface area contributed by atoms with Crippen molar-refractivity contribution in [1.29, 1.82) is 0 Å². The minimum Gasteiger partial charge on any atom is -0.399 e. The largest absolute Gasteiger partial charge is 0.399 e. The molecule has 2 rings (SSSR count). The summed E-state index contributed by atoms with van der Waals surface area (Å²) in [5, 5.41) is 0. The van der Waals surface area contributed by atoms with Crippen molar-refractivity contribution in [2.24, 2.45) is 0 Å². The zero-order valence-corrected chi connectivity index (χ0v) is 11.6. The molecule has 0 aromatic heterocycles. The van der Waals surface area contributed by atoms with E-state index < -0.39 is 0 Å². The van der Waals surface area contributed by atoms with Crippen LogP contribution in [0.15, 0.2) is 24.3 Å². The molecule has 1 amide bonds. The first-order valence-electron chi connectivity index (χ1n) is 6.97. The standard InChI is InChI=1S/C15H23N3O/c1-13(19)18-10-8-17(9-11-18)7-3-5-14-4-2-6-15(16)12-14/h2,4,6,12H,3,5,7-11,16H2,1H3. The summed E-state index contributed by atoms with van der Waals surface area (Å²) in [6, 6.07) is 8.11. The van der Waals surface area contributed by atoms with Crippen LogP contribution in [0.2, 0.25) is 0 Å². The van der Waals surface area contributed by atoms with Gasteiger partial charge in [0.1, 0.15) is 0 Å². The molecule has 0 atom stereocenters. The zero-order chi connectivity index (χ0) is 13.7. The Morgan fingerprint density at radius 3 is 2.63 bits per heavy atom. The van der Waals surface area contributed by atoms with Crippen molar-refractivity contribution in [3.8, 4) is 0 Å². The summed E-state index contributed by atoms with van der Waals surface area (Å²) in [7, 11) is 0. The van der Waals surface area contributed by atoms with Crippen molar-refractivity contribution in [3.63, 3.8) is 0 Å². The van der Waals surface area contributed by atoms with E-state index >= 15 is 0 Å². The molecule has 1 aromatic carbocycles. The van der Waals surface area contributed by atoms with Crippen molar-refractivity contribution in [1.82, 2.24) is 9.80 Å². The Kier molecular flexibility index (Phi) is 4.80. The fourth-order valence-corrected chi connectivity index (χ4v) is 2.54. The molecule has 4 heteroatoms. The van der Waals surface area contributed by atoms with Crippen LogP contribution in [0, 0.1) is 0 Å². The Morgan fingerprint density at radius 2 is 2.00 bits per heavy atom. The maximum Gasteiger partial charge on any atom is 0.219 e. The number of piperazine rings is 1. The molecular formula is C15H23N3O. The number of amides is 1. The highest BCUT2D eigenvalue weighted by Gasteiger charge is 2.17. The van der Waals surface area contributed by atoms with Gasteiger partial charge in [-0.3, -0.25) is 9.69 Å². The maximum atomic E-state index is 11.2. The van der Waals surface area contributed by atoms with Gasteiger partial charge in [0.2, 0.25) is 5.91 Å². The Labute approximate surface area is 115 Å². The molecular weight excluding hydrogens is 238 g/mol. The van der Waals surface area contributed by atoms with Gasteiger partial charge in [-0.15, -0.1) is 0 Å². The lowest BCUT2D eigenvalue weighted by atomic mass is 10.1. The monoisotopic (exact) mass is 261 g/mol. The molecule has 2 N–H and O–H groups in total. The minimum atomic E-state index is 0.194. The molecule has 1 heterocycles. The van der Waals surface area contributed by atoms with Crippen LogP contribution in [0.1, 0.15) is 18.9 Å². The second kappa shape index (κ2) is 6.57. The van der Waals surface area contributed by atoms with Crippen LogP contribution in [-0.4, -0.2) is 48.4 Å². The van der Waals surface area contributed by atoms with Gasteiger partial charge in [-0.05, 0) is 37.1 Å². The number of nitrogen functional groups attached to an aromatic ring is 1. The van der Waals surface area contributed by atoms with E-state index in [1.165, 1.54) is 5.56 Å². The van der Waals surface area contributed by atoms with Crippen molar-refractivity contribution < 1.29 is 4.79 Å². The van der Waals surface area contributed by atoms with Gasteiger partial charge in [0.05, 0.1) is 0 Å². The van der Waals surface area contributed by atoms with Crippen LogP contribution in [0.3, 0.4) is 0 Å². The number of hydrogen-bond acceptors (Lipinski definition) is 3. The molecule has 4 nitrogen and oxygen atoms in total. The molecule has 0 unspecified atom stereocenters. The SMILES string of the molecule is CC(=O)N1CCN(CCCc2cccc(N)c2)CC1. The molecule has 0 saturated carbocycles. The quantitative estimate of drug-likeness (QED) is 0.833. The van der Waals surface area contributed by atoms with E-state index in [1.807, 2.05) is 23.1 Å². The number of carbonyl (C=O) groups excluding carboxylic acids is 1. The topological polar surface area (TPSA) is 49.6 Å². The number of carbonyl (C=O) groups is 1. The predicted molar refractivity (Wildman–Crippen MR) is 77.9 cm³/mol. The Hall–Kier alpha value is -1.55. The molecule has 0 radical (unpaired) electrons. The molecule has 1 aliphatic heterocycles. The number of anilines is 1. The van der Waals surface area contributed by atoms with Crippen molar-refractivity contribution in [2.45, 2.75) is 19.8 Å². The third-order valence-electron chi connectivity index (χ3n) is 3.71. The summed E-state index contributed by atoms with van der Waals surface area (Å²) in [4.78, 5) is 15.6. The van der Waals surface area contributed by atoms with Crippen LogP contribution in [0.25, 0.3) is 0 Å². The molecule has 0 spiro atoms. The molecule has 1 saturated heterocycles. The summed E-state index contributed by atoms with van der Waals surface area (Å²) in [5.74, 6) is 0.194. The van der Waals surface area contributed by atoms with Gasteiger partial charge in [-0.1, -0.05) is 12.1 Å². The summed E-state index contributed by atoms with van der Waals surface area (Å²) in [6.45, 7) is 6.48. The molecule has 19 heavy (non-hydrogen) atoms. The predicted octanol–water partition coefficient (Wildman–Crippen LogP) is 1.37. The van der Waals surface area contributed by atoms with Crippen molar-refractivity contribution >= 4 is 11.6 Å². The normalized spacial score (nSPS) is 16.6. The van der Waals surface area contributed by atoms with Gasteiger partial charge in [-0.2, -0.15) is 0 Å². The number of nitrogens with zero attached hydrogens (tertiary/aromatic N) is 2. The van der Waals surface area contributed by atoms with Crippen LogP contribution in [0.4, 0.5) is 5.69 Å². The highest BCUT2D eigenvalue weighted by atomic mass is 16.2. The Morgan fingerprint density at radius 1 is 1.26 bits per heavy atom. The maximum absolute atomic E-state index is 11.2. The highest BCUT2D eigenvalue weighted by Crippen LogP contribution is 2.10. The smallest absolute Gasteiger partial charge is 0.219 e. The van der Waals surface area contributed by atoms with Crippen LogP contribution >= 0.6 is 0 Å². The lowest BCUT2D eigenvalue weighted by molar-refractivity contribution is -0.130. The molecule has 1 aliphatic rings. The summed E-state index contributed by atoms with van der Waals surface area (Å²) >= 11 is 0. The van der Waals surface area contributed by atoms with Crippen molar-refractivity contribution in [2.75, 3.05) is 38.5 Å². The third kappa shape index (κ3) is 4.24. The van der Waals surface area contributed by atoms with Gasteiger partial charge in [0.25, 0.3) is 0 Å². The number of nitrogens with two attached hydrogens (primary N) is 1. The van der Waals surface area contributed by atoms with E-state index in [0.29, 0.717) is 0 Å². The van der Waals surface area contributed by atoms with E-state index in [4.69, 9.17) is 5.73 Å². The first-order chi connectivity index (χ1) is 9.15. The Balaban J connectivity index is 1.68. The number of rotatable bonds is 4. The average Bonchev–Trinajstić information content (AvgIpc) is 2.39. The molecule has 0 aliphatic carbocycles. The van der Waals surface area contributed by atoms with Gasteiger partial charge >= 0.3 is 0 Å². The lowest BCUT2D eigenvalue weighted by Gasteiger charge is -2.34. The fraction of sp³-hybridized carbons (Fsp3) is 0.533. The first kappa shape index (κ1) is 13.9. The lowest BCUT2D eigenvalue weighted by Crippen LogP contribution is -2.48. The molecule has 0 bridgehead atoms. The van der Waals surface area contributed by atoms with Gasteiger partial charge < -0.3 is 10.6 Å². The highest BCUT2D eigenvalue weighted by molar-refractivity contribution is 5.73. The Bertz CT molecular complexity index is 425.